The number of Topliss-reactive ketones (excluding diaryl/α,β-unsaturated/α-hetero) is 1. The minimum atomic E-state index is 0.294. The summed E-state index contributed by atoms with van der Waals surface area (Å²) in [6, 6.07) is 0. The second kappa shape index (κ2) is 9.99. The fourth-order valence-corrected chi connectivity index (χ4v) is 2.62. The highest BCUT2D eigenvalue weighted by Gasteiger charge is 2.18. The first-order chi connectivity index (χ1) is 9.24. The van der Waals surface area contributed by atoms with Crippen molar-refractivity contribution in [2.24, 2.45) is 0 Å². The van der Waals surface area contributed by atoms with Gasteiger partial charge in [0.15, 0.2) is 0 Å². The maximum absolute atomic E-state index is 11.7. The summed E-state index contributed by atoms with van der Waals surface area (Å²) in [5, 5.41) is 0. The van der Waals surface area contributed by atoms with Crippen LogP contribution in [0.2, 0.25) is 0 Å². The summed E-state index contributed by atoms with van der Waals surface area (Å²) >= 11 is 0. The van der Waals surface area contributed by atoms with Crippen LogP contribution in [0.25, 0.3) is 0 Å². The third-order valence-corrected chi connectivity index (χ3v) is 3.86. The molecule has 1 fully saturated rings. The van der Waals surface area contributed by atoms with E-state index in [4.69, 9.17) is 0 Å². The molecule has 0 radical (unpaired) electrons. The van der Waals surface area contributed by atoms with Gasteiger partial charge in [0, 0.05) is 32.4 Å². The molecule has 0 aromatic heterocycles. The SMILES string of the molecule is CCCCCCCC(=O)CCCCN1CCCC1=O. The Kier molecular flexibility index (Phi) is 8.52. The Hall–Kier alpha value is -0.860. The lowest BCUT2D eigenvalue weighted by molar-refractivity contribution is -0.127. The van der Waals surface area contributed by atoms with Gasteiger partial charge in [0.1, 0.15) is 5.78 Å². The van der Waals surface area contributed by atoms with Gasteiger partial charge in [-0.1, -0.05) is 32.6 Å². The van der Waals surface area contributed by atoms with Gasteiger partial charge in [-0.2, -0.15) is 0 Å². The number of likely N-dealkylation sites (tertiary alicyclic amines) is 1. The Morgan fingerprint density at radius 2 is 1.74 bits per heavy atom. The van der Waals surface area contributed by atoms with Crippen molar-refractivity contribution in [1.29, 1.82) is 0 Å². The molecule has 1 amide bonds. The van der Waals surface area contributed by atoms with E-state index in [-0.39, 0.29) is 0 Å². The summed E-state index contributed by atoms with van der Waals surface area (Å²) in [5.41, 5.74) is 0. The average molecular weight is 267 g/mol. The van der Waals surface area contributed by atoms with Crippen molar-refractivity contribution in [2.45, 2.75) is 77.6 Å². The number of amides is 1. The number of rotatable bonds is 11. The Morgan fingerprint density at radius 1 is 1.05 bits per heavy atom. The topological polar surface area (TPSA) is 37.4 Å². The fraction of sp³-hybridized carbons (Fsp3) is 0.875. The molecule has 0 N–H and O–H groups in total. The molecule has 19 heavy (non-hydrogen) atoms. The lowest BCUT2D eigenvalue weighted by Crippen LogP contribution is -2.25. The van der Waals surface area contributed by atoms with E-state index >= 15 is 0 Å². The molecule has 1 heterocycles. The van der Waals surface area contributed by atoms with Crippen molar-refractivity contribution >= 4 is 11.7 Å². The van der Waals surface area contributed by atoms with Crippen LogP contribution in [0, 0.1) is 0 Å². The average Bonchev–Trinajstić information content (AvgIpc) is 2.80. The molecule has 110 valence electrons. The Morgan fingerprint density at radius 3 is 2.37 bits per heavy atom. The highest BCUT2D eigenvalue weighted by Crippen LogP contribution is 2.12. The molecule has 0 saturated carbocycles. The molecule has 0 unspecified atom stereocenters. The zero-order valence-corrected chi connectivity index (χ0v) is 12.5. The molecule has 1 aliphatic rings. The summed E-state index contributed by atoms with van der Waals surface area (Å²) in [4.78, 5) is 25.0. The number of hydrogen-bond donors (Lipinski definition) is 0. The number of unbranched alkanes of at least 4 members (excludes halogenated alkanes) is 5. The Bertz CT molecular complexity index is 276. The molecular weight excluding hydrogens is 238 g/mol. The lowest BCUT2D eigenvalue weighted by atomic mass is 10.1. The minimum Gasteiger partial charge on any atom is -0.343 e. The quantitative estimate of drug-likeness (QED) is 0.535. The van der Waals surface area contributed by atoms with E-state index in [1.807, 2.05) is 4.90 Å². The number of carbonyl (C=O) groups excluding carboxylic acids is 2. The molecule has 0 atom stereocenters. The van der Waals surface area contributed by atoms with E-state index < -0.39 is 0 Å². The van der Waals surface area contributed by atoms with E-state index in [0.29, 0.717) is 18.1 Å². The first kappa shape index (κ1) is 16.2. The van der Waals surface area contributed by atoms with Crippen LogP contribution in [0.4, 0.5) is 0 Å². The smallest absolute Gasteiger partial charge is 0.222 e. The van der Waals surface area contributed by atoms with Crippen molar-refractivity contribution in [3.8, 4) is 0 Å². The predicted octanol–water partition coefficient (Wildman–Crippen LogP) is 3.71. The maximum atomic E-state index is 11.7. The number of nitrogens with zero attached hydrogens (tertiary/aromatic N) is 1. The van der Waals surface area contributed by atoms with Crippen molar-refractivity contribution in [3.05, 3.63) is 0 Å². The second-order valence-electron chi connectivity index (χ2n) is 5.64. The van der Waals surface area contributed by atoms with Gasteiger partial charge in [0.2, 0.25) is 5.91 Å². The molecule has 0 bridgehead atoms. The summed E-state index contributed by atoms with van der Waals surface area (Å²) in [6.45, 7) is 3.98. The van der Waals surface area contributed by atoms with Crippen LogP contribution < -0.4 is 0 Å². The van der Waals surface area contributed by atoms with E-state index in [9.17, 15) is 9.59 Å². The van der Waals surface area contributed by atoms with Gasteiger partial charge in [-0.3, -0.25) is 9.59 Å². The molecule has 0 aliphatic carbocycles. The lowest BCUT2D eigenvalue weighted by Gasteiger charge is -2.14. The Labute approximate surface area is 117 Å². The standard InChI is InChI=1S/C16H29NO2/c1-2-3-4-5-6-10-15(18)11-7-8-13-17-14-9-12-16(17)19/h2-14H2,1H3. The van der Waals surface area contributed by atoms with E-state index in [1.54, 1.807) is 0 Å². The number of carbonyl (C=O) groups is 2. The Balaban J connectivity index is 1.91. The van der Waals surface area contributed by atoms with Crippen LogP contribution in [0.15, 0.2) is 0 Å². The van der Waals surface area contributed by atoms with Crippen molar-refractivity contribution < 1.29 is 9.59 Å². The molecule has 3 heteroatoms. The van der Waals surface area contributed by atoms with Gasteiger partial charge in [0.05, 0.1) is 0 Å². The van der Waals surface area contributed by atoms with Crippen LogP contribution in [0.1, 0.15) is 77.6 Å². The first-order valence-corrected chi connectivity index (χ1v) is 8.03. The van der Waals surface area contributed by atoms with Gasteiger partial charge in [0.25, 0.3) is 0 Å². The minimum absolute atomic E-state index is 0.294. The number of hydrogen-bond acceptors (Lipinski definition) is 2. The van der Waals surface area contributed by atoms with Crippen LogP contribution in [0.5, 0.6) is 0 Å². The second-order valence-corrected chi connectivity index (χ2v) is 5.64. The largest absolute Gasteiger partial charge is 0.343 e. The summed E-state index contributed by atoms with van der Waals surface area (Å²) in [7, 11) is 0. The zero-order valence-electron chi connectivity index (χ0n) is 12.5. The van der Waals surface area contributed by atoms with E-state index in [2.05, 4.69) is 6.92 Å². The normalized spacial score (nSPS) is 15.2. The third-order valence-electron chi connectivity index (χ3n) is 3.86. The van der Waals surface area contributed by atoms with Crippen molar-refractivity contribution in [3.63, 3.8) is 0 Å². The van der Waals surface area contributed by atoms with E-state index in [0.717, 1.165) is 51.6 Å². The summed E-state index contributed by atoms with van der Waals surface area (Å²) in [6.07, 6.45) is 11.2. The predicted molar refractivity (Wildman–Crippen MR) is 78.0 cm³/mol. The maximum Gasteiger partial charge on any atom is 0.222 e. The first-order valence-electron chi connectivity index (χ1n) is 8.03. The van der Waals surface area contributed by atoms with Crippen LogP contribution in [-0.4, -0.2) is 29.7 Å². The molecule has 3 nitrogen and oxygen atoms in total. The monoisotopic (exact) mass is 267 g/mol. The van der Waals surface area contributed by atoms with Gasteiger partial charge >= 0.3 is 0 Å². The molecule has 0 spiro atoms. The van der Waals surface area contributed by atoms with Crippen LogP contribution in [-0.2, 0) is 9.59 Å². The van der Waals surface area contributed by atoms with Gasteiger partial charge in [-0.25, -0.2) is 0 Å². The molecule has 1 saturated heterocycles. The highest BCUT2D eigenvalue weighted by atomic mass is 16.2. The highest BCUT2D eigenvalue weighted by molar-refractivity contribution is 5.78. The van der Waals surface area contributed by atoms with Crippen molar-refractivity contribution in [1.82, 2.24) is 4.90 Å². The molecule has 0 aromatic carbocycles. The summed E-state index contributed by atoms with van der Waals surface area (Å²) in [5.74, 6) is 0.700. The fourth-order valence-electron chi connectivity index (χ4n) is 2.62. The van der Waals surface area contributed by atoms with Crippen LogP contribution in [0.3, 0.4) is 0 Å². The molecule has 1 aliphatic heterocycles. The van der Waals surface area contributed by atoms with Crippen LogP contribution >= 0.6 is 0 Å². The summed E-state index contributed by atoms with van der Waals surface area (Å²) < 4.78 is 0. The molecule has 1 rings (SSSR count). The molecule has 0 aromatic rings. The van der Waals surface area contributed by atoms with Gasteiger partial charge < -0.3 is 4.90 Å². The number of ketones is 1. The van der Waals surface area contributed by atoms with E-state index in [1.165, 1.54) is 25.7 Å². The third kappa shape index (κ3) is 7.34. The molecular formula is C16H29NO2. The van der Waals surface area contributed by atoms with Crippen molar-refractivity contribution in [2.75, 3.05) is 13.1 Å². The zero-order chi connectivity index (χ0) is 13.9. The van der Waals surface area contributed by atoms with Gasteiger partial charge in [-0.05, 0) is 25.7 Å². The van der Waals surface area contributed by atoms with Gasteiger partial charge in [-0.15, -0.1) is 0 Å².